The fourth-order valence-corrected chi connectivity index (χ4v) is 4.76. The Balaban J connectivity index is 1.82. The molecule has 0 radical (unpaired) electrons. The zero-order chi connectivity index (χ0) is 14.8. The summed E-state index contributed by atoms with van der Waals surface area (Å²) in [4.78, 5) is 13.9. The Hall–Kier alpha value is -1.30. The minimum Gasteiger partial charge on any atom is -0.392 e. The van der Waals surface area contributed by atoms with Gasteiger partial charge < -0.3 is 10.4 Å². The summed E-state index contributed by atoms with van der Waals surface area (Å²) in [6.45, 7) is 1.94. The van der Waals surface area contributed by atoms with Gasteiger partial charge in [0.2, 0.25) is 5.91 Å². The molecule has 0 fully saturated rings. The molecular weight excluding hydrogens is 302 g/mol. The number of amides is 1. The number of carbonyl (C=O) groups is 1. The number of hydrogen-bond acceptors (Lipinski definition) is 4. The van der Waals surface area contributed by atoms with Gasteiger partial charge in [-0.15, -0.1) is 23.1 Å². The van der Waals surface area contributed by atoms with Gasteiger partial charge in [0.05, 0.1) is 6.61 Å². The molecule has 1 aromatic carbocycles. The third-order valence-corrected chi connectivity index (χ3v) is 5.89. The maximum atomic E-state index is 12.6. The van der Waals surface area contributed by atoms with Crippen LogP contribution in [0.5, 0.6) is 0 Å². The van der Waals surface area contributed by atoms with Crippen molar-refractivity contribution in [3.05, 3.63) is 51.2 Å². The van der Waals surface area contributed by atoms with Crippen molar-refractivity contribution in [2.45, 2.75) is 25.2 Å². The number of fused-ring (bicyclic) bond motifs is 1. The first-order valence-electron chi connectivity index (χ1n) is 6.88. The van der Waals surface area contributed by atoms with Crippen LogP contribution in [0.4, 0.5) is 5.69 Å². The molecule has 3 nitrogen and oxygen atoms in total. The molecule has 1 unspecified atom stereocenters. The molecule has 5 heteroatoms. The predicted molar refractivity (Wildman–Crippen MR) is 89.0 cm³/mol. The highest BCUT2D eigenvalue weighted by molar-refractivity contribution is 8.00. The summed E-state index contributed by atoms with van der Waals surface area (Å²) >= 11 is 3.43. The summed E-state index contributed by atoms with van der Waals surface area (Å²) in [7, 11) is 0. The molecule has 2 heterocycles. The molecule has 21 heavy (non-hydrogen) atoms. The minimum absolute atomic E-state index is 0.0178. The number of anilines is 1. The average Bonchev–Trinajstić information content (AvgIpc) is 2.97. The lowest BCUT2D eigenvalue weighted by Crippen LogP contribution is -2.22. The summed E-state index contributed by atoms with van der Waals surface area (Å²) in [6, 6.07) is 7.70. The molecule has 1 aliphatic rings. The van der Waals surface area contributed by atoms with Crippen LogP contribution in [0.1, 0.15) is 26.8 Å². The molecule has 1 aliphatic heterocycles. The van der Waals surface area contributed by atoms with Gasteiger partial charge >= 0.3 is 0 Å². The second-order valence-electron chi connectivity index (χ2n) is 5.10. The van der Waals surface area contributed by atoms with Crippen molar-refractivity contribution in [3.8, 4) is 0 Å². The fourth-order valence-electron chi connectivity index (χ4n) is 2.46. The number of hydrogen-bond donors (Lipinski definition) is 2. The minimum atomic E-state index is -0.128. The van der Waals surface area contributed by atoms with Crippen molar-refractivity contribution in [3.63, 3.8) is 0 Å². The van der Waals surface area contributed by atoms with Crippen LogP contribution in [-0.2, 0) is 17.8 Å². The number of thiophene rings is 1. The van der Waals surface area contributed by atoms with Crippen molar-refractivity contribution >= 4 is 34.7 Å². The van der Waals surface area contributed by atoms with Crippen LogP contribution in [0.2, 0.25) is 0 Å². The molecule has 0 saturated carbocycles. The van der Waals surface area contributed by atoms with E-state index < -0.39 is 0 Å². The van der Waals surface area contributed by atoms with Crippen LogP contribution >= 0.6 is 23.1 Å². The van der Waals surface area contributed by atoms with E-state index in [0.717, 1.165) is 34.6 Å². The molecule has 0 bridgehead atoms. The van der Waals surface area contributed by atoms with E-state index in [1.807, 2.05) is 25.1 Å². The molecule has 1 aromatic heterocycles. The van der Waals surface area contributed by atoms with Gasteiger partial charge in [-0.25, -0.2) is 0 Å². The van der Waals surface area contributed by atoms with Crippen molar-refractivity contribution in [2.24, 2.45) is 0 Å². The molecule has 2 aromatic rings. The Bertz CT molecular complexity index is 666. The summed E-state index contributed by atoms with van der Waals surface area (Å²) in [5, 5.41) is 14.2. The molecule has 0 aliphatic carbocycles. The van der Waals surface area contributed by atoms with Crippen LogP contribution in [0.25, 0.3) is 0 Å². The van der Waals surface area contributed by atoms with E-state index >= 15 is 0 Å². The highest BCUT2D eigenvalue weighted by atomic mass is 32.2. The molecule has 0 spiro atoms. The Morgan fingerprint density at radius 3 is 3.10 bits per heavy atom. The summed E-state index contributed by atoms with van der Waals surface area (Å²) in [6.07, 6.45) is 1.06. The van der Waals surface area contributed by atoms with E-state index in [1.165, 1.54) is 4.88 Å². The SMILES string of the molecule is Cc1ccc(CO)cc1NC(=O)C1SCCc2sccc21. The first kappa shape index (κ1) is 14.6. The largest absolute Gasteiger partial charge is 0.392 e. The van der Waals surface area contributed by atoms with E-state index in [-0.39, 0.29) is 17.8 Å². The van der Waals surface area contributed by atoms with Crippen LogP contribution in [0.15, 0.2) is 29.6 Å². The lowest BCUT2D eigenvalue weighted by atomic mass is 10.1. The number of carbonyl (C=O) groups excluding carboxylic acids is 1. The van der Waals surface area contributed by atoms with Gasteiger partial charge in [0, 0.05) is 10.6 Å². The van der Waals surface area contributed by atoms with E-state index in [4.69, 9.17) is 0 Å². The number of aliphatic hydroxyl groups excluding tert-OH is 1. The molecule has 0 saturated heterocycles. The van der Waals surface area contributed by atoms with Crippen molar-refractivity contribution < 1.29 is 9.90 Å². The fraction of sp³-hybridized carbons (Fsp3) is 0.312. The number of benzene rings is 1. The number of thioether (sulfide) groups is 1. The summed E-state index contributed by atoms with van der Waals surface area (Å²) < 4.78 is 0. The monoisotopic (exact) mass is 319 g/mol. The normalized spacial score (nSPS) is 17.3. The number of nitrogens with one attached hydrogen (secondary N) is 1. The third kappa shape index (κ3) is 3.00. The maximum Gasteiger partial charge on any atom is 0.242 e. The topological polar surface area (TPSA) is 49.3 Å². The van der Waals surface area contributed by atoms with E-state index in [9.17, 15) is 9.90 Å². The molecule has 2 N–H and O–H groups in total. The maximum absolute atomic E-state index is 12.6. The van der Waals surface area contributed by atoms with Gasteiger partial charge in [-0.3, -0.25) is 4.79 Å². The molecule has 1 amide bonds. The summed E-state index contributed by atoms with van der Waals surface area (Å²) in [5.41, 5.74) is 3.76. The molecule has 1 atom stereocenters. The summed E-state index contributed by atoms with van der Waals surface area (Å²) in [5.74, 6) is 1.01. The van der Waals surface area contributed by atoms with Crippen LogP contribution in [-0.4, -0.2) is 16.8 Å². The average molecular weight is 319 g/mol. The number of aliphatic hydroxyl groups is 1. The van der Waals surface area contributed by atoms with Crippen molar-refractivity contribution in [1.82, 2.24) is 0 Å². The Morgan fingerprint density at radius 1 is 1.43 bits per heavy atom. The van der Waals surface area contributed by atoms with Gasteiger partial charge in [0.25, 0.3) is 0 Å². The molecular formula is C16H17NO2S2. The second-order valence-corrected chi connectivity index (χ2v) is 7.31. The van der Waals surface area contributed by atoms with Crippen molar-refractivity contribution in [1.29, 1.82) is 0 Å². The number of aryl methyl sites for hydroxylation is 2. The van der Waals surface area contributed by atoms with Gasteiger partial charge in [0.1, 0.15) is 5.25 Å². The lowest BCUT2D eigenvalue weighted by Gasteiger charge is -2.22. The molecule has 110 valence electrons. The molecule has 3 rings (SSSR count). The second kappa shape index (κ2) is 6.22. The highest BCUT2D eigenvalue weighted by Gasteiger charge is 2.28. The highest BCUT2D eigenvalue weighted by Crippen LogP contribution is 2.40. The number of rotatable bonds is 3. The first-order chi connectivity index (χ1) is 10.2. The quantitative estimate of drug-likeness (QED) is 0.910. The van der Waals surface area contributed by atoms with E-state index in [0.29, 0.717) is 0 Å². The van der Waals surface area contributed by atoms with Gasteiger partial charge in [-0.1, -0.05) is 12.1 Å². The Kier molecular flexibility index (Phi) is 4.33. The standard InChI is InChI=1S/C16H17NO2S2/c1-10-2-3-11(9-18)8-13(10)17-16(19)15-12-4-6-20-14(12)5-7-21-15/h2-4,6,8,15,18H,5,7,9H2,1H3,(H,17,19). The van der Waals surface area contributed by atoms with Gasteiger partial charge in [0.15, 0.2) is 0 Å². The predicted octanol–water partition coefficient (Wildman–Crippen LogP) is 3.52. The van der Waals surface area contributed by atoms with E-state index in [2.05, 4.69) is 16.8 Å². The Labute approximate surface area is 132 Å². The zero-order valence-electron chi connectivity index (χ0n) is 11.8. The Morgan fingerprint density at radius 2 is 2.29 bits per heavy atom. The lowest BCUT2D eigenvalue weighted by molar-refractivity contribution is -0.115. The van der Waals surface area contributed by atoms with Gasteiger partial charge in [-0.2, -0.15) is 0 Å². The van der Waals surface area contributed by atoms with Crippen LogP contribution < -0.4 is 5.32 Å². The smallest absolute Gasteiger partial charge is 0.242 e. The first-order valence-corrected chi connectivity index (χ1v) is 8.81. The zero-order valence-corrected chi connectivity index (χ0v) is 13.4. The van der Waals surface area contributed by atoms with Crippen molar-refractivity contribution in [2.75, 3.05) is 11.1 Å². The van der Waals surface area contributed by atoms with Crippen LogP contribution in [0.3, 0.4) is 0 Å². The van der Waals surface area contributed by atoms with Crippen LogP contribution in [0, 0.1) is 6.92 Å². The third-order valence-electron chi connectivity index (χ3n) is 3.66. The van der Waals surface area contributed by atoms with Gasteiger partial charge in [-0.05, 0) is 53.3 Å². The van der Waals surface area contributed by atoms with E-state index in [1.54, 1.807) is 23.1 Å².